The maximum atomic E-state index is 11.8. The first-order valence-corrected chi connectivity index (χ1v) is 6.60. The summed E-state index contributed by atoms with van der Waals surface area (Å²) in [4.78, 5) is 0. The lowest BCUT2D eigenvalue weighted by atomic mass is 9.89. The van der Waals surface area contributed by atoms with Crippen molar-refractivity contribution >= 4 is 21.6 Å². The van der Waals surface area contributed by atoms with Gasteiger partial charge in [-0.3, -0.25) is 0 Å². The summed E-state index contributed by atoms with van der Waals surface area (Å²) in [5.74, 6) is 0.158. The molecule has 1 saturated carbocycles. The average Bonchev–Trinajstić information content (AvgIpc) is 2.30. The highest BCUT2D eigenvalue weighted by Gasteiger charge is 2.50. The number of rotatable bonds is 0. The molecule has 0 bridgehead atoms. The van der Waals surface area contributed by atoms with Gasteiger partial charge in [-0.05, 0) is 12.8 Å². The Morgan fingerprint density at radius 3 is 2.54 bits per heavy atom. The van der Waals surface area contributed by atoms with Gasteiger partial charge in [-0.25, -0.2) is 8.42 Å². The summed E-state index contributed by atoms with van der Waals surface area (Å²) >= 11 is 6.07. The van der Waals surface area contributed by atoms with Gasteiger partial charge < -0.3 is 0 Å². The molecular weight excluding hydrogens is 210 g/mol. The molecule has 0 amide bonds. The molecule has 2 aliphatic rings. The highest BCUT2D eigenvalue weighted by Crippen LogP contribution is 2.42. The zero-order valence-electron chi connectivity index (χ0n) is 7.61. The van der Waals surface area contributed by atoms with Crippen LogP contribution in [0.1, 0.15) is 25.7 Å². The van der Waals surface area contributed by atoms with Gasteiger partial charge in [0, 0.05) is 13.0 Å². The monoisotopic (exact) mass is 223 g/mol. The smallest absolute Gasteiger partial charge is 0.212 e. The van der Waals surface area contributed by atoms with Crippen molar-refractivity contribution in [1.82, 2.24) is 4.31 Å². The molecule has 2 rings (SSSR count). The second-order valence-corrected chi connectivity index (χ2v) is 6.58. The van der Waals surface area contributed by atoms with Crippen LogP contribution in [0.4, 0.5) is 0 Å². The highest BCUT2D eigenvalue weighted by molar-refractivity contribution is 7.90. The van der Waals surface area contributed by atoms with E-state index in [0.717, 1.165) is 25.7 Å². The quantitative estimate of drug-likeness (QED) is 0.460. The Hall–Kier alpha value is 0.200. The molecule has 76 valence electrons. The summed E-state index contributed by atoms with van der Waals surface area (Å²) in [6, 6.07) is 0. The van der Waals surface area contributed by atoms with E-state index in [9.17, 15) is 8.42 Å². The zero-order chi connectivity index (χ0) is 9.64. The molecule has 2 fully saturated rings. The molecule has 1 saturated heterocycles. The topological polar surface area (TPSA) is 37.4 Å². The Morgan fingerprint density at radius 1 is 1.31 bits per heavy atom. The third kappa shape index (κ3) is 1.30. The van der Waals surface area contributed by atoms with Crippen LogP contribution in [0.2, 0.25) is 0 Å². The maximum absolute atomic E-state index is 11.8. The normalized spacial score (nSPS) is 44.6. The molecule has 0 aromatic heterocycles. The van der Waals surface area contributed by atoms with Crippen LogP contribution in [0.25, 0.3) is 0 Å². The second-order valence-electron chi connectivity index (χ2n) is 3.92. The van der Waals surface area contributed by atoms with Crippen LogP contribution >= 0.6 is 11.6 Å². The first kappa shape index (κ1) is 9.74. The van der Waals surface area contributed by atoms with Crippen molar-refractivity contribution in [2.75, 3.05) is 7.05 Å². The summed E-state index contributed by atoms with van der Waals surface area (Å²) in [6.45, 7) is 0. The number of nitrogens with zero attached hydrogens (tertiary/aromatic N) is 1. The van der Waals surface area contributed by atoms with E-state index in [0.29, 0.717) is 0 Å². The largest absolute Gasteiger partial charge is 0.218 e. The van der Waals surface area contributed by atoms with Crippen LogP contribution in [0.3, 0.4) is 0 Å². The molecule has 0 N–H and O–H groups in total. The standard InChI is InChI=1S/C8H14ClNO2S/c1-10-8(9)6-4-2-3-5-7(6)13(10,11)12/h6-8H,2-5H2,1H3. The van der Waals surface area contributed by atoms with Gasteiger partial charge in [-0.1, -0.05) is 12.8 Å². The summed E-state index contributed by atoms with van der Waals surface area (Å²) < 4.78 is 24.9. The van der Waals surface area contributed by atoms with E-state index >= 15 is 0 Å². The SMILES string of the molecule is CN1C(Cl)C2CCCCC2S1(=O)=O. The molecule has 3 nitrogen and oxygen atoms in total. The highest BCUT2D eigenvalue weighted by atomic mass is 35.5. The summed E-state index contributed by atoms with van der Waals surface area (Å²) in [7, 11) is -1.49. The fraction of sp³-hybridized carbons (Fsp3) is 1.00. The van der Waals surface area contributed by atoms with Gasteiger partial charge in [-0.2, -0.15) is 4.31 Å². The zero-order valence-corrected chi connectivity index (χ0v) is 9.18. The molecule has 13 heavy (non-hydrogen) atoms. The van der Waals surface area contributed by atoms with Crippen molar-refractivity contribution < 1.29 is 8.42 Å². The molecule has 3 atom stereocenters. The van der Waals surface area contributed by atoms with Gasteiger partial charge in [-0.15, -0.1) is 11.6 Å². The number of fused-ring (bicyclic) bond motifs is 1. The van der Waals surface area contributed by atoms with Gasteiger partial charge in [0.25, 0.3) is 0 Å². The number of alkyl halides is 1. The van der Waals surface area contributed by atoms with Crippen molar-refractivity contribution in [2.24, 2.45) is 5.92 Å². The Bertz CT molecular complexity index is 303. The predicted octanol–water partition coefficient (Wildman–Crippen LogP) is 1.39. The van der Waals surface area contributed by atoms with Crippen molar-refractivity contribution in [3.05, 3.63) is 0 Å². The molecule has 0 aromatic carbocycles. The molecule has 0 radical (unpaired) electrons. The van der Waals surface area contributed by atoms with Crippen LogP contribution < -0.4 is 0 Å². The minimum Gasteiger partial charge on any atom is -0.212 e. The number of halogens is 1. The third-order valence-corrected chi connectivity index (χ3v) is 6.35. The van der Waals surface area contributed by atoms with Crippen molar-refractivity contribution in [3.63, 3.8) is 0 Å². The lowest BCUT2D eigenvalue weighted by Gasteiger charge is -2.23. The fourth-order valence-corrected chi connectivity index (χ4v) is 5.21. The minimum atomic E-state index is -3.07. The van der Waals surface area contributed by atoms with Gasteiger partial charge >= 0.3 is 0 Å². The fourth-order valence-electron chi connectivity index (χ4n) is 2.43. The van der Waals surface area contributed by atoms with Crippen LogP contribution in [0.15, 0.2) is 0 Å². The lowest BCUT2D eigenvalue weighted by molar-refractivity contribution is 0.328. The van der Waals surface area contributed by atoms with Crippen LogP contribution in [0.5, 0.6) is 0 Å². The van der Waals surface area contributed by atoms with E-state index in [2.05, 4.69) is 0 Å². The van der Waals surface area contributed by atoms with Crippen LogP contribution in [0, 0.1) is 5.92 Å². The molecule has 0 aromatic rings. The van der Waals surface area contributed by atoms with Gasteiger partial charge in [0.1, 0.15) is 5.50 Å². The molecule has 1 aliphatic heterocycles. The van der Waals surface area contributed by atoms with E-state index in [1.54, 1.807) is 7.05 Å². The molecule has 5 heteroatoms. The number of sulfonamides is 1. The molecule has 1 aliphatic carbocycles. The Kier molecular flexibility index (Phi) is 2.33. The van der Waals surface area contributed by atoms with Crippen LogP contribution in [-0.4, -0.2) is 30.5 Å². The van der Waals surface area contributed by atoms with E-state index in [1.165, 1.54) is 4.31 Å². The van der Waals surface area contributed by atoms with Crippen molar-refractivity contribution in [2.45, 2.75) is 36.4 Å². The predicted molar refractivity (Wildman–Crippen MR) is 52.1 cm³/mol. The van der Waals surface area contributed by atoms with E-state index < -0.39 is 10.0 Å². The lowest BCUT2D eigenvalue weighted by Crippen LogP contribution is -2.28. The maximum Gasteiger partial charge on any atom is 0.218 e. The second kappa shape index (κ2) is 3.11. The molecule has 3 unspecified atom stereocenters. The van der Waals surface area contributed by atoms with Gasteiger partial charge in [0.15, 0.2) is 0 Å². The number of hydrogen-bond donors (Lipinski definition) is 0. The molecular formula is C8H14ClNO2S. The van der Waals surface area contributed by atoms with Gasteiger partial charge in [0.2, 0.25) is 10.0 Å². The molecule has 1 heterocycles. The van der Waals surface area contributed by atoms with E-state index in [1.807, 2.05) is 0 Å². The third-order valence-electron chi connectivity index (χ3n) is 3.24. The summed E-state index contributed by atoms with van der Waals surface area (Å²) in [6.07, 6.45) is 3.90. The Balaban J connectivity index is 2.35. The average molecular weight is 224 g/mol. The van der Waals surface area contributed by atoms with Crippen molar-refractivity contribution in [1.29, 1.82) is 0 Å². The first-order chi connectivity index (χ1) is 6.05. The summed E-state index contributed by atoms with van der Waals surface area (Å²) in [5, 5.41) is -0.200. The van der Waals surface area contributed by atoms with E-state index in [-0.39, 0.29) is 16.7 Å². The minimum absolute atomic E-state index is 0.158. The summed E-state index contributed by atoms with van der Waals surface area (Å²) in [5.41, 5.74) is -0.310. The number of hydrogen-bond acceptors (Lipinski definition) is 2. The van der Waals surface area contributed by atoms with Crippen LogP contribution in [-0.2, 0) is 10.0 Å². The first-order valence-electron chi connectivity index (χ1n) is 4.66. The Morgan fingerprint density at radius 2 is 1.92 bits per heavy atom. The van der Waals surface area contributed by atoms with Gasteiger partial charge in [0.05, 0.1) is 5.25 Å². The van der Waals surface area contributed by atoms with Crippen molar-refractivity contribution in [3.8, 4) is 0 Å². The van der Waals surface area contributed by atoms with E-state index in [4.69, 9.17) is 11.6 Å². The molecule has 0 spiro atoms. The Labute approximate surface area is 84.1 Å².